The lowest BCUT2D eigenvalue weighted by molar-refractivity contribution is 0.0541. The molecule has 1 aromatic rings. The van der Waals surface area contributed by atoms with E-state index >= 15 is 0 Å². The van der Waals surface area contributed by atoms with Gasteiger partial charge in [0.25, 0.3) is 5.91 Å². The average molecular weight is 264 g/mol. The number of carbonyl (C=O) groups excluding carboxylic acids is 1. The van der Waals surface area contributed by atoms with Crippen LogP contribution in [0, 0.1) is 0 Å². The first-order chi connectivity index (χ1) is 9.02. The fourth-order valence-corrected chi connectivity index (χ4v) is 2.41. The number of amides is 1. The summed E-state index contributed by atoms with van der Waals surface area (Å²) < 4.78 is 0. The Kier molecular flexibility index (Phi) is 3.95. The Morgan fingerprint density at radius 3 is 2.68 bits per heavy atom. The maximum Gasteiger partial charge on any atom is 0.254 e. The Bertz CT molecular complexity index is 476. The number of rotatable bonds is 2. The van der Waals surface area contributed by atoms with Gasteiger partial charge in [0, 0.05) is 31.2 Å². The molecule has 1 aliphatic heterocycles. The second kappa shape index (κ2) is 5.48. The number of hydrogen-bond donors (Lipinski definition) is 2. The van der Waals surface area contributed by atoms with Gasteiger partial charge in [0.15, 0.2) is 11.5 Å². The van der Waals surface area contributed by atoms with Gasteiger partial charge in [-0.1, -0.05) is 6.92 Å². The molecule has 104 valence electrons. The van der Waals surface area contributed by atoms with Gasteiger partial charge >= 0.3 is 0 Å². The molecule has 0 aliphatic carbocycles. The molecule has 0 saturated carbocycles. The molecule has 5 nitrogen and oxygen atoms in total. The van der Waals surface area contributed by atoms with Crippen LogP contribution < -0.4 is 0 Å². The van der Waals surface area contributed by atoms with Gasteiger partial charge in [-0.15, -0.1) is 0 Å². The molecule has 5 heteroatoms. The largest absolute Gasteiger partial charge is 0.504 e. The number of nitrogens with zero attached hydrogens (tertiary/aromatic N) is 2. The Hall–Kier alpha value is -1.75. The Morgan fingerprint density at radius 2 is 2.05 bits per heavy atom. The van der Waals surface area contributed by atoms with Crippen LogP contribution in [0.4, 0.5) is 0 Å². The molecular formula is C14H20N2O3. The number of hydrogen-bond acceptors (Lipinski definition) is 4. The highest BCUT2D eigenvalue weighted by molar-refractivity contribution is 5.95. The van der Waals surface area contributed by atoms with E-state index in [9.17, 15) is 15.0 Å². The minimum atomic E-state index is -0.257. The average Bonchev–Trinajstić information content (AvgIpc) is 2.41. The van der Waals surface area contributed by atoms with E-state index in [4.69, 9.17) is 0 Å². The molecule has 2 N–H and O–H groups in total. The van der Waals surface area contributed by atoms with E-state index in [0.29, 0.717) is 24.7 Å². The molecule has 1 aromatic carbocycles. The number of phenols is 2. The third-order valence-electron chi connectivity index (χ3n) is 3.76. The van der Waals surface area contributed by atoms with Crippen LogP contribution in [-0.2, 0) is 0 Å². The zero-order chi connectivity index (χ0) is 14.0. The molecule has 0 radical (unpaired) electrons. The van der Waals surface area contributed by atoms with Crippen molar-refractivity contribution in [2.24, 2.45) is 0 Å². The zero-order valence-electron chi connectivity index (χ0n) is 11.3. The van der Waals surface area contributed by atoms with Gasteiger partial charge in [-0.2, -0.15) is 0 Å². The molecule has 1 saturated heterocycles. The second-order valence-corrected chi connectivity index (χ2v) is 5.00. The fraction of sp³-hybridized carbons (Fsp3) is 0.500. The van der Waals surface area contributed by atoms with Crippen molar-refractivity contribution in [2.75, 3.05) is 26.7 Å². The summed E-state index contributed by atoms with van der Waals surface area (Å²) in [7, 11) is 2.07. The summed E-state index contributed by atoms with van der Waals surface area (Å²) in [5.74, 6) is -0.560. The molecule has 0 spiro atoms. The van der Waals surface area contributed by atoms with Crippen LogP contribution in [0.2, 0.25) is 0 Å². The number of piperazine rings is 1. The third kappa shape index (κ3) is 2.81. The van der Waals surface area contributed by atoms with Crippen LogP contribution in [-0.4, -0.2) is 58.6 Å². The maximum absolute atomic E-state index is 12.3. The SMILES string of the molecule is CCC1CN(C(=O)c2ccc(O)c(O)c2)CCN1C. The minimum absolute atomic E-state index is 0.0955. The Labute approximate surface area is 113 Å². The minimum Gasteiger partial charge on any atom is -0.504 e. The van der Waals surface area contributed by atoms with Crippen molar-refractivity contribution >= 4 is 5.91 Å². The van der Waals surface area contributed by atoms with E-state index in [-0.39, 0.29) is 17.4 Å². The van der Waals surface area contributed by atoms with Crippen LogP contribution in [0.1, 0.15) is 23.7 Å². The molecule has 1 unspecified atom stereocenters. The van der Waals surface area contributed by atoms with Crippen molar-refractivity contribution in [3.63, 3.8) is 0 Å². The molecule has 0 bridgehead atoms. The van der Waals surface area contributed by atoms with Crippen molar-refractivity contribution in [2.45, 2.75) is 19.4 Å². The molecule has 1 fully saturated rings. The lowest BCUT2D eigenvalue weighted by Crippen LogP contribution is -2.52. The van der Waals surface area contributed by atoms with Crippen molar-refractivity contribution in [1.29, 1.82) is 0 Å². The second-order valence-electron chi connectivity index (χ2n) is 5.00. The van der Waals surface area contributed by atoms with E-state index in [1.807, 2.05) is 0 Å². The lowest BCUT2D eigenvalue weighted by atomic mass is 10.1. The topological polar surface area (TPSA) is 64.0 Å². The summed E-state index contributed by atoms with van der Waals surface area (Å²) in [5, 5.41) is 18.7. The van der Waals surface area contributed by atoms with E-state index < -0.39 is 0 Å². The first kappa shape index (κ1) is 13.7. The number of phenolic OH excluding ortho intramolecular Hbond substituents is 2. The summed E-state index contributed by atoms with van der Waals surface area (Å²) in [5.41, 5.74) is 0.412. The van der Waals surface area contributed by atoms with Gasteiger partial charge < -0.3 is 15.1 Å². The molecule has 19 heavy (non-hydrogen) atoms. The van der Waals surface area contributed by atoms with Crippen LogP contribution >= 0.6 is 0 Å². The van der Waals surface area contributed by atoms with Crippen molar-refractivity contribution in [1.82, 2.24) is 9.80 Å². The first-order valence-corrected chi connectivity index (χ1v) is 6.54. The van der Waals surface area contributed by atoms with Gasteiger partial charge in [-0.25, -0.2) is 0 Å². The zero-order valence-corrected chi connectivity index (χ0v) is 11.3. The van der Waals surface area contributed by atoms with Gasteiger partial charge in [0.2, 0.25) is 0 Å². The standard InChI is InChI=1S/C14H20N2O3/c1-3-11-9-16(7-6-15(11)2)14(19)10-4-5-12(17)13(18)8-10/h4-5,8,11,17-18H,3,6-7,9H2,1-2H3. The number of likely N-dealkylation sites (N-methyl/N-ethyl adjacent to an activating group) is 1. The lowest BCUT2D eigenvalue weighted by Gasteiger charge is -2.39. The molecule has 1 aliphatic rings. The molecule has 1 amide bonds. The smallest absolute Gasteiger partial charge is 0.254 e. The van der Waals surface area contributed by atoms with Crippen LogP contribution in [0.5, 0.6) is 11.5 Å². The summed E-state index contributed by atoms with van der Waals surface area (Å²) in [6.07, 6.45) is 1.00. The van der Waals surface area contributed by atoms with E-state index in [1.165, 1.54) is 18.2 Å². The van der Waals surface area contributed by atoms with E-state index in [0.717, 1.165) is 13.0 Å². The van der Waals surface area contributed by atoms with Gasteiger partial charge in [0.05, 0.1) is 0 Å². The van der Waals surface area contributed by atoms with Gasteiger partial charge in [0.1, 0.15) is 0 Å². The molecular weight excluding hydrogens is 244 g/mol. The highest BCUT2D eigenvalue weighted by Gasteiger charge is 2.26. The normalized spacial score (nSPS) is 20.5. The molecule has 1 heterocycles. The molecule has 2 rings (SSSR count). The van der Waals surface area contributed by atoms with Crippen molar-refractivity contribution in [3.05, 3.63) is 23.8 Å². The van der Waals surface area contributed by atoms with Crippen molar-refractivity contribution < 1.29 is 15.0 Å². The van der Waals surface area contributed by atoms with E-state index in [2.05, 4.69) is 18.9 Å². The summed E-state index contributed by atoms with van der Waals surface area (Å²) in [4.78, 5) is 16.4. The summed E-state index contributed by atoms with van der Waals surface area (Å²) in [6.45, 7) is 4.36. The molecule has 0 aromatic heterocycles. The van der Waals surface area contributed by atoms with Crippen LogP contribution in [0.25, 0.3) is 0 Å². The van der Waals surface area contributed by atoms with Crippen LogP contribution in [0.15, 0.2) is 18.2 Å². The number of benzene rings is 1. The van der Waals surface area contributed by atoms with E-state index in [1.54, 1.807) is 4.90 Å². The summed E-state index contributed by atoms with van der Waals surface area (Å²) in [6, 6.07) is 4.58. The third-order valence-corrected chi connectivity index (χ3v) is 3.76. The van der Waals surface area contributed by atoms with Gasteiger partial charge in [-0.3, -0.25) is 9.69 Å². The predicted octanol–water partition coefficient (Wildman–Crippen LogP) is 1.26. The summed E-state index contributed by atoms with van der Waals surface area (Å²) >= 11 is 0. The maximum atomic E-state index is 12.3. The monoisotopic (exact) mass is 264 g/mol. The molecule has 1 atom stereocenters. The number of aromatic hydroxyl groups is 2. The number of carbonyl (C=O) groups is 1. The Morgan fingerprint density at radius 1 is 1.32 bits per heavy atom. The highest BCUT2D eigenvalue weighted by Crippen LogP contribution is 2.26. The van der Waals surface area contributed by atoms with Gasteiger partial charge in [-0.05, 0) is 31.7 Å². The predicted molar refractivity (Wildman–Crippen MR) is 72.4 cm³/mol. The van der Waals surface area contributed by atoms with Crippen LogP contribution in [0.3, 0.4) is 0 Å². The first-order valence-electron chi connectivity index (χ1n) is 6.54. The quantitative estimate of drug-likeness (QED) is 0.789. The van der Waals surface area contributed by atoms with Crippen molar-refractivity contribution in [3.8, 4) is 11.5 Å². The Balaban J connectivity index is 2.13. The fourth-order valence-electron chi connectivity index (χ4n) is 2.41. The highest BCUT2D eigenvalue weighted by atomic mass is 16.3.